The second-order valence-electron chi connectivity index (χ2n) is 2.68. The summed E-state index contributed by atoms with van der Waals surface area (Å²) in [6, 6.07) is 0. The van der Waals surface area contributed by atoms with Crippen LogP contribution in [0.1, 0.15) is 5.01 Å². The maximum atomic E-state index is 5.95. The van der Waals surface area contributed by atoms with Crippen molar-refractivity contribution in [2.24, 2.45) is 5.84 Å². The summed E-state index contributed by atoms with van der Waals surface area (Å²) in [7, 11) is 0. The maximum absolute atomic E-state index is 5.95. The van der Waals surface area contributed by atoms with Crippen molar-refractivity contribution in [3.8, 4) is 0 Å². The molecule has 0 aliphatic heterocycles. The minimum Gasteiger partial charge on any atom is -0.292 e. The average Bonchev–Trinajstić information content (AvgIpc) is 2.67. The van der Waals surface area contributed by atoms with Crippen LogP contribution in [0, 0.1) is 6.92 Å². The standard InChI is InChI=1S/C7H7ClN6S2/c1-3-13-14-7(15-3)16-5-4(8)2-10-6(11-5)12-9/h2H,9H2,1H3,(H,10,11,12). The summed E-state index contributed by atoms with van der Waals surface area (Å²) >= 11 is 8.76. The number of nitrogens with one attached hydrogen (secondary N) is 1. The van der Waals surface area contributed by atoms with Gasteiger partial charge in [0.15, 0.2) is 4.34 Å². The van der Waals surface area contributed by atoms with Crippen molar-refractivity contribution in [2.75, 3.05) is 5.43 Å². The van der Waals surface area contributed by atoms with Crippen molar-refractivity contribution in [1.82, 2.24) is 20.2 Å². The summed E-state index contributed by atoms with van der Waals surface area (Å²) in [4.78, 5) is 8.00. The quantitative estimate of drug-likeness (QED) is 0.500. The van der Waals surface area contributed by atoms with E-state index in [-0.39, 0.29) is 0 Å². The van der Waals surface area contributed by atoms with Gasteiger partial charge in [0.1, 0.15) is 10.0 Å². The molecule has 9 heteroatoms. The Bertz CT molecular complexity index is 501. The molecule has 0 bridgehead atoms. The molecule has 6 nitrogen and oxygen atoms in total. The molecule has 0 aromatic carbocycles. The summed E-state index contributed by atoms with van der Waals surface area (Å²) in [6.45, 7) is 1.89. The predicted octanol–water partition coefficient (Wildman–Crippen LogP) is 1.73. The lowest BCUT2D eigenvalue weighted by Crippen LogP contribution is -2.10. The normalized spacial score (nSPS) is 10.4. The van der Waals surface area contributed by atoms with Crippen LogP contribution in [-0.2, 0) is 0 Å². The smallest absolute Gasteiger partial charge is 0.238 e. The highest BCUT2D eigenvalue weighted by Gasteiger charge is 2.10. The molecular formula is C7H7ClN6S2. The minimum absolute atomic E-state index is 0.313. The highest BCUT2D eigenvalue weighted by Crippen LogP contribution is 2.33. The van der Waals surface area contributed by atoms with Crippen molar-refractivity contribution in [1.29, 1.82) is 0 Å². The summed E-state index contributed by atoms with van der Waals surface area (Å²) in [5, 5.41) is 9.82. The van der Waals surface area contributed by atoms with Crippen LogP contribution in [0.5, 0.6) is 0 Å². The fourth-order valence-corrected chi connectivity index (χ4v) is 2.81. The van der Waals surface area contributed by atoms with E-state index in [0.29, 0.717) is 16.0 Å². The molecule has 0 spiro atoms. The Hall–Kier alpha value is -0.960. The van der Waals surface area contributed by atoms with Gasteiger partial charge in [-0.1, -0.05) is 22.9 Å². The largest absolute Gasteiger partial charge is 0.292 e. The lowest BCUT2D eigenvalue weighted by atomic mass is 10.7. The fourth-order valence-electron chi connectivity index (χ4n) is 0.895. The Morgan fingerprint density at radius 2 is 2.31 bits per heavy atom. The molecule has 2 aromatic rings. The van der Waals surface area contributed by atoms with Crippen LogP contribution < -0.4 is 11.3 Å². The van der Waals surface area contributed by atoms with E-state index in [1.807, 2.05) is 6.92 Å². The Kier molecular flexibility index (Phi) is 3.54. The van der Waals surface area contributed by atoms with Crippen LogP contribution >= 0.6 is 34.7 Å². The fraction of sp³-hybridized carbons (Fsp3) is 0.143. The number of halogens is 1. The molecule has 0 unspecified atom stereocenters. The number of nitrogens with zero attached hydrogens (tertiary/aromatic N) is 4. The average molecular weight is 275 g/mol. The Balaban J connectivity index is 2.26. The second kappa shape index (κ2) is 4.91. The van der Waals surface area contributed by atoms with Crippen LogP contribution in [-0.4, -0.2) is 20.2 Å². The third kappa shape index (κ3) is 2.59. The summed E-state index contributed by atoms with van der Waals surface area (Å²) in [5.74, 6) is 5.53. The Morgan fingerprint density at radius 1 is 1.50 bits per heavy atom. The molecule has 0 aliphatic carbocycles. The third-order valence-corrected chi connectivity index (χ3v) is 3.82. The molecular weight excluding hydrogens is 268 g/mol. The number of rotatable bonds is 3. The molecule has 16 heavy (non-hydrogen) atoms. The molecule has 0 saturated heterocycles. The Labute approximate surface area is 105 Å². The van der Waals surface area contributed by atoms with E-state index in [9.17, 15) is 0 Å². The topological polar surface area (TPSA) is 89.6 Å². The van der Waals surface area contributed by atoms with Gasteiger partial charge in [0, 0.05) is 0 Å². The minimum atomic E-state index is 0.313. The number of nitrogen functional groups attached to an aromatic ring is 1. The van der Waals surface area contributed by atoms with Crippen LogP contribution in [0.25, 0.3) is 0 Å². The first-order chi connectivity index (χ1) is 7.69. The monoisotopic (exact) mass is 274 g/mol. The van der Waals surface area contributed by atoms with Crippen molar-refractivity contribution in [2.45, 2.75) is 16.3 Å². The van der Waals surface area contributed by atoms with Crippen molar-refractivity contribution >= 4 is 40.6 Å². The zero-order chi connectivity index (χ0) is 11.5. The first-order valence-corrected chi connectivity index (χ1v) is 6.17. The molecule has 84 valence electrons. The van der Waals surface area contributed by atoms with Gasteiger partial charge in [-0.05, 0) is 18.7 Å². The van der Waals surface area contributed by atoms with Gasteiger partial charge in [-0.3, -0.25) is 5.43 Å². The Morgan fingerprint density at radius 3 is 2.94 bits per heavy atom. The summed E-state index contributed by atoms with van der Waals surface area (Å²) in [6.07, 6.45) is 1.49. The van der Waals surface area contributed by atoms with Gasteiger partial charge in [-0.25, -0.2) is 15.8 Å². The zero-order valence-electron chi connectivity index (χ0n) is 8.14. The van der Waals surface area contributed by atoms with Gasteiger partial charge in [-0.15, -0.1) is 10.2 Å². The highest BCUT2D eigenvalue weighted by molar-refractivity contribution is 8.01. The zero-order valence-corrected chi connectivity index (χ0v) is 10.5. The number of hydrogen-bond donors (Lipinski definition) is 2. The molecule has 2 heterocycles. The predicted molar refractivity (Wildman–Crippen MR) is 63.6 cm³/mol. The number of anilines is 1. The number of aromatic nitrogens is 4. The molecule has 0 amide bonds. The van der Waals surface area contributed by atoms with E-state index < -0.39 is 0 Å². The highest BCUT2D eigenvalue weighted by atomic mass is 35.5. The van der Waals surface area contributed by atoms with E-state index in [2.05, 4.69) is 25.6 Å². The van der Waals surface area contributed by atoms with Gasteiger partial charge in [-0.2, -0.15) is 0 Å². The van der Waals surface area contributed by atoms with E-state index >= 15 is 0 Å². The summed E-state index contributed by atoms with van der Waals surface area (Å²) < 4.78 is 0.779. The number of hydrazine groups is 1. The summed E-state index contributed by atoms with van der Waals surface area (Å²) in [5.41, 5.74) is 2.36. The van der Waals surface area contributed by atoms with Crippen molar-refractivity contribution in [3.05, 3.63) is 16.2 Å². The van der Waals surface area contributed by atoms with Crippen LogP contribution in [0.4, 0.5) is 5.95 Å². The van der Waals surface area contributed by atoms with Gasteiger partial charge < -0.3 is 0 Å². The van der Waals surface area contributed by atoms with Gasteiger partial charge in [0.05, 0.1) is 11.2 Å². The molecule has 2 rings (SSSR count). The van der Waals surface area contributed by atoms with E-state index in [4.69, 9.17) is 17.4 Å². The first-order valence-electron chi connectivity index (χ1n) is 4.16. The molecule has 0 saturated carbocycles. The van der Waals surface area contributed by atoms with Crippen LogP contribution in [0.2, 0.25) is 5.02 Å². The lowest BCUT2D eigenvalue weighted by molar-refractivity contribution is 0.976. The molecule has 0 atom stereocenters. The van der Waals surface area contributed by atoms with Gasteiger partial charge in [0.2, 0.25) is 5.95 Å². The molecule has 0 radical (unpaired) electrons. The van der Waals surface area contributed by atoms with E-state index in [0.717, 1.165) is 9.35 Å². The van der Waals surface area contributed by atoms with E-state index in [1.165, 1.54) is 29.3 Å². The van der Waals surface area contributed by atoms with Crippen molar-refractivity contribution < 1.29 is 0 Å². The lowest BCUT2D eigenvalue weighted by Gasteiger charge is -2.02. The van der Waals surface area contributed by atoms with Gasteiger partial charge >= 0.3 is 0 Å². The number of hydrogen-bond acceptors (Lipinski definition) is 8. The second-order valence-corrected chi connectivity index (χ2v) is 5.50. The maximum Gasteiger partial charge on any atom is 0.238 e. The van der Waals surface area contributed by atoms with Gasteiger partial charge in [0.25, 0.3) is 0 Å². The van der Waals surface area contributed by atoms with Crippen molar-refractivity contribution in [3.63, 3.8) is 0 Å². The third-order valence-electron chi connectivity index (χ3n) is 1.53. The SMILES string of the molecule is Cc1nnc(Sc2nc(NN)ncc2Cl)s1. The molecule has 0 fully saturated rings. The van der Waals surface area contributed by atoms with Crippen LogP contribution in [0.15, 0.2) is 15.6 Å². The van der Waals surface area contributed by atoms with Crippen LogP contribution in [0.3, 0.4) is 0 Å². The number of aryl methyl sites for hydroxylation is 1. The molecule has 3 N–H and O–H groups in total. The molecule has 0 aliphatic rings. The van der Waals surface area contributed by atoms with E-state index in [1.54, 1.807) is 0 Å². The number of nitrogens with two attached hydrogens (primary N) is 1. The molecule has 2 aromatic heterocycles. The first kappa shape index (κ1) is 11.5.